The van der Waals surface area contributed by atoms with Gasteiger partial charge in [0.1, 0.15) is 12.5 Å². The maximum Gasteiger partial charge on any atom is 0.692 e. The summed E-state index contributed by atoms with van der Waals surface area (Å²) in [5, 5.41) is 0. The van der Waals surface area contributed by atoms with Crippen molar-refractivity contribution in [1.29, 1.82) is 0 Å². The van der Waals surface area contributed by atoms with Gasteiger partial charge in [0.25, 0.3) is 0 Å². The first-order chi connectivity index (χ1) is 10.7. The highest BCUT2D eigenvalue weighted by Crippen LogP contribution is 1.98. The quantitative estimate of drug-likeness (QED) is 0.238. The Morgan fingerprint density at radius 3 is 1.00 bits per heavy atom. The maximum absolute atomic E-state index is 8.74. The summed E-state index contributed by atoms with van der Waals surface area (Å²) in [5.74, 6) is 0. The monoisotopic (exact) mass is 415 g/mol. The molecule has 0 saturated carbocycles. The molecule has 0 amide bonds. The largest absolute Gasteiger partial charge is 0.692 e. The van der Waals surface area contributed by atoms with Crippen molar-refractivity contribution in [3.63, 3.8) is 0 Å². The van der Waals surface area contributed by atoms with Crippen molar-refractivity contribution in [3.8, 4) is 0 Å². The lowest BCUT2D eigenvalue weighted by atomic mass is 11.0. The summed E-state index contributed by atoms with van der Waals surface area (Å²) >= 11 is 0. The van der Waals surface area contributed by atoms with E-state index in [2.05, 4.69) is 18.8 Å². The van der Waals surface area contributed by atoms with Crippen LogP contribution in [0, 0.1) is 0 Å². The van der Waals surface area contributed by atoms with Crippen LogP contribution in [0.4, 0.5) is 0 Å². The van der Waals surface area contributed by atoms with Gasteiger partial charge in [-0.05, 0) is 0 Å². The van der Waals surface area contributed by atoms with E-state index in [0.29, 0.717) is 0 Å². The minimum Gasteiger partial charge on any atom is -0.452 e. The van der Waals surface area contributed by atoms with Crippen molar-refractivity contribution in [2.45, 2.75) is 0 Å². The third-order valence-electron chi connectivity index (χ3n) is 0.694. The summed E-state index contributed by atoms with van der Waals surface area (Å²) in [6, 6.07) is 0. The Labute approximate surface area is 135 Å². The average molecular weight is 415 g/mol. The van der Waals surface area contributed by atoms with E-state index in [1.165, 1.54) is 25.3 Å². The van der Waals surface area contributed by atoms with Crippen LogP contribution in [0.15, 0.2) is 46.5 Å². The summed E-state index contributed by atoms with van der Waals surface area (Å²) in [5.41, 5.74) is 0. The Hall–Kier alpha value is -1.82. The average Bonchev–Trinajstić information content (AvgIpc) is 3.03. The standard InChI is InChI=1S/2C3H3NO.2H2O4S.HO3P/c2*1-2-5-3-4-1;2*1-5(2,3)4;1-4(2)3/h2*1-3H;2*(H2,1,2,3,4);(H-,1,2,3)/p+1. The lowest BCUT2D eigenvalue weighted by Crippen LogP contribution is -1.89. The lowest BCUT2D eigenvalue weighted by molar-refractivity contribution is 0.378. The Balaban J connectivity index is -0.000000230. The van der Waals surface area contributed by atoms with Gasteiger partial charge in [0.15, 0.2) is 12.8 Å². The van der Waals surface area contributed by atoms with Gasteiger partial charge in [0.05, 0.1) is 12.4 Å². The van der Waals surface area contributed by atoms with E-state index in [4.69, 9.17) is 49.4 Å². The second-order valence-corrected chi connectivity index (χ2v) is 4.80. The van der Waals surface area contributed by atoms with Crippen LogP contribution in [0.25, 0.3) is 0 Å². The first-order valence-electron chi connectivity index (χ1n) is 4.62. The molecule has 15 nitrogen and oxygen atoms in total. The van der Waals surface area contributed by atoms with Crippen LogP contribution in [0.2, 0.25) is 0 Å². The fourth-order valence-electron chi connectivity index (χ4n) is 0.351. The fraction of sp³-hybridized carbons (Fsp3) is 0. The predicted molar refractivity (Wildman–Crippen MR) is 73.4 cm³/mol. The van der Waals surface area contributed by atoms with Crippen LogP contribution >= 0.6 is 8.25 Å². The summed E-state index contributed by atoms with van der Waals surface area (Å²) in [7, 11) is -12.2. The molecule has 140 valence electrons. The highest BCUT2D eigenvalue weighted by atomic mass is 32.3. The number of hydrogen-bond acceptors (Lipinski definition) is 9. The maximum atomic E-state index is 8.74. The van der Waals surface area contributed by atoms with Gasteiger partial charge in [-0.2, -0.15) is 16.8 Å². The molecule has 0 aliphatic carbocycles. The summed E-state index contributed by atoms with van der Waals surface area (Å²) < 4.78 is 80.8. The van der Waals surface area contributed by atoms with E-state index in [-0.39, 0.29) is 0 Å². The lowest BCUT2D eigenvalue weighted by Gasteiger charge is -1.68. The van der Waals surface area contributed by atoms with E-state index in [0.717, 1.165) is 0 Å². The molecule has 0 saturated heterocycles. The molecule has 0 aliphatic rings. The summed E-state index contributed by atoms with van der Waals surface area (Å²) in [6.07, 6.45) is 8.94. The minimum atomic E-state index is -4.67. The molecule has 0 atom stereocenters. The Bertz CT molecular complexity index is 570. The highest BCUT2D eigenvalue weighted by Gasteiger charge is 1.93. The smallest absolute Gasteiger partial charge is 0.452 e. The molecule has 0 bridgehead atoms. The van der Waals surface area contributed by atoms with Crippen molar-refractivity contribution in [3.05, 3.63) is 37.7 Å². The van der Waals surface area contributed by atoms with Gasteiger partial charge in [-0.25, -0.2) is 9.97 Å². The zero-order valence-electron chi connectivity index (χ0n) is 11.2. The van der Waals surface area contributed by atoms with Gasteiger partial charge in [-0.3, -0.25) is 18.2 Å². The highest BCUT2D eigenvalue weighted by molar-refractivity contribution is 7.80. The molecular weight excluding hydrogens is 403 g/mol. The molecule has 0 spiro atoms. The molecule has 2 aromatic heterocycles. The topological polar surface area (TPSA) is 259 Å². The van der Waals surface area contributed by atoms with E-state index >= 15 is 0 Å². The van der Waals surface area contributed by atoms with E-state index in [1.54, 1.807) is 12.4 Å². The first-order valence-corrected chi connectivity index (χ1v) is 8.58. The second kappa shape index (κ2) is 16.1. The van der Waals surface area contributed by atoms with Crippen LogP contribution in [0.5, 0.6) is 0 Å². The van der Waals surface area contributed by atoms with E-state index < -0.39 is 29.1 Å². The number of aromatic nitrogens is 2. The predicted octanol–water partition coefficient (Wildman–Crippen LogP) is -0.328. The van der Waals surface area contributed by atoms with E-state index in [1.807, 2.05) is 0 Å². The van der Waals surface area contributed by atoms with Crippen molar-refractivity contribution in [2.75, 3.05) is 0 Å². The van der Waals surface area contributed by atoms with Crippen molar-refractivity contribution in [1.82, 2.24) is 9.97 Å². The van der Waals surface area contributed by atoms with Gasteiger partial charge in [-0.1, -0.05) is 0 Å². The molecular formula is C6H12N2O13PS2+. The van der Waals surface area contributed by atoms with Gasteiger partial charge >= 0.3 is 29.1 Å². The molecule has 24 heavy (non-hydrogen) atoms. The SMILES string of the molecule is O=S(=O)(O)O.O=S(=O)(O)O.O=[P+](O)O.c1cocn1.c1cocn1. The molecule has 0 unspecified atom stereocenters. The van der Waals surface area contributed by atoms with Crippen molar-refractivity contribution >= 4 is 29.1 Å². The number of rotatable bonds is 0. The zero-order chi connectivity index (χ0) is 19.6. The molecule has 0 fully saturated rings. The van der Waals surface area contributed by atoms with Crippen LogP contribution in [-0.2, 0) is 25.4 Å². The normalized spacial score (nSPS) is 9.25. The van der Waals surface area contributed by atoms with Crippen LogP contribution in [0.1, 0.15) is 0 Å². The molecule has 0 aromatic carbocycles. The Morgan fingerprint density at radius 2 is 0.958 bits per heavy atom. The van der Waals surface area contributed by atoms with Gasteiger partial charge in [0.2, 0.25) is 0 Å². The molecule has 0 radical (unpaired) electrons. The first kappa shape index (κ1) is 27.0. The second-order valence-electron chi connectivity index (χ2n) is 2.50. The molecule has 0 aliphatic heterocycles. The zero-order valence-corrected chi connectivity index (χ0v) is 13.7. The molecule has 2 heterocycles. The Kier molecular flexibility index (Phi) is 18.1. The summed E-state index contributed by atoms with van der Waals surface area (Å²) in [4.78, 5) is 21.4. The van der Waals surface area contributed by atoms with Gasteiger partial charge in [0, 0.05) is 4.57 Å². The summed E-state index contributed by atoms with van der Waals surface area (Å²) in [6.45, 7) is 0. The van der Waals surface area contributed by atoms with Crippen LogP contribution in [0.3, 0.4) is 0 Å². The fourth-order valence-corrected chi connectivity index (χ4v) is 0.351. The minimum absolute atomic E-state index is 1.38. The van der Waals surface area contributed by atoms with Crippen LogP contribution in [-0.4, -0.2) is 54.8 Å². The number of nitrogens with zero attached hydrogens (tertiary/aromatic N) is 2. The molecule has 6 N–H and O–H groups in total. The third-order valence-corrected chi connectivity index (χ3v) is 0.694. The van der Waals surface area contributed by atoms with Crippen LogP contribution < -0.4 is 0 Å². The molecule has 18 heteroatoms. The number of oxazole rings is 2. The third kappa shape index (κ3) is 111. The van der Waals surface area contributed by atoms with Crippen molar-refractivity contribution < 1.29 is 58.2 Å². The van der Waals surface area contributed by atoms with Crippen molar-refractivity contribution in [2.24, 2.45) is 0 Å². The van der Waals surface area contributed by atoms with Gasteiger partial charge < -0.3 is 8.83 Å². The molecule has 2 aromatic rings. The van der Waals surface area contributed by atoms with Gasteiger partial charge in [-0.15, -0.1) is 9.79 Å². The van der Waals surface area contributed by atoms with E-state index in [9.17, 15) is 0 Å². The Morgan fingerprint density at radius 1 is 0.750 bits per heavy atom. The number of hydrogen-bond donors (Lipinski definition) is 6. The molecule has 2 rings (SSSR count).